The van der Waals surface area contributed by atoms with E-state index in [-0.39, 0.29) is 5.48 Å². The quantitative estimate of drug-likeness (QED) is 0.708. The maximum atomic E-state index is 3.93. The molecule has 0 aliphatic heterocycles. The normalized spacial score (nSPS) is 10.3. The second kappa shape index (κ2) is 6.24. The first-order valence-electron chi connectivity index (χ1n) is 3.74. The summed E-state index contributed by atoms with van der Waals surface area (Å²) in [4.78, 5) is 0. The summed E-state index contributed by atoms with van der Waals surface area (Å²) in [5.41, 5.74) is 0. The Morgan fingerprint density at radius 3 is 1.40 bits per heavy atom. The molecule has 0 radical (unpaired) electrons. The van der Waals surface area contributed by atoms with Gasteiger partial charge in [0.1, 0.15) is 0 Å². The van der Waals surface area contributed by atoms with Gasteiger partial charge < -0.3 is 5.48 Å². The van der Waals surface area contributed by atoms with Gasteiger partial charge in [0.05, 0.1) is 0 Å². The molecule has 0 rings (SSSR count). The summed E-state index contributed by atoms with van der Waals surface area (Å²) in [6.07, 6.45) is 0. The van der Waals surface area contributed by atoms with Crippen molar-refractivity contribution in [3.05, 3.63) is 10.6 Å². The van der Waals surface area contributed by atoms with E-state index in [9.17, 15) is 0 Å². The Labute approximate surface area is 68.8 Å². The molecule has 0 unspecified atom stereocenters. The number of hydrogen-bond donors (Lipinski definition) is 0. The zero-order valence-corrected chi connectivity index (χ0v) is 9.85. The second-order valence-electron chi connectivity index (χ2n) is 2.35. The average molecular weight is 253 g/mol. The van der Waals surface area contributed by atoms with E-state index in [0.717, 1.165) is 0 Å². The van der Waals surface area contributed by atoms with E-state index in [0.29, 0.717) is 0 Å². The van der Waals surface area contributed by atoms with Crippen LogP contribution in [-0.2, 0) is 0 Å². The third-order valence-corrected chi connectivity index (χ3v) is 15.3. The van der Waals surface area contributed by atoms with Crippen molar-refractivity contribution >= 4 is 18.8 Å². The smallest absolute Gasteiger partial charge is 0.870 e. The van der Waals surface area contributed by atoms with Gasteiger partial charge in [-0.1, -0.05) is 0 Å². The van der Waals surface area contributed by atoms with Crippen LogP contribution in [0.1, 0.15) is 20.8 Å². The van der Waals surface area contributed by atoms with Crippen LogP contribution in [-0.4, -0.2) is 24.3 Å². The van der Waals surface area contributed by atoms with Gasteiger partial charge in [-0.15, -0.1) is 0 Å². The van der Waals surface area contributed by atoms with Crippen molar-refractivity contribution in [3.63, 3.8) is 0 Å². The van der Waals surface area contributed by atoms with Gasteiger partial charge in [-0.3, -0.25) is 0 Å². The van der Waals surface area contributed by atoms with E-state index in [4.69, 9.17) is 0 Å². The Morgan fingerprint density at radius 1 is 1.10 bits per heavy atom. The fourth-order valence-electron chi connectivity index (χ4n) is 1.06. The zero-order valence-electron chi connectivity index (χ0n) is 7.30. The molecule has 1 N–H and O–H groups in total. The molecule has 0 aromatic rings. The van der Waals surface area contributed by atoms with Crippen LogP contribution >= 0.6 is 0 Å². The second-order valence-corrected chi connectivity index (χ2v) is 15.8. The largest absolute Gasteiger partial charge is 0.870 e. The standard InChI is InChI=1S/3C2H5.C2H3.H2O.Sb/c4*1-2;;/h3*1H2,2H3;1H,2H2;1H2;/q;;;;;+1/p-1. The van der Waals surface area contributed by atoms with Crippen LogP contribution in [0, 0.1) is 0 Å². The molecule has 10 heavy (non-hydrogen) atoms. The molecule has 0 bridgehead atoms. The Kier molecular flexibility index (Phi) is 8.20. The molecule has 0 amide bonds. The summed E-state index contributed by atoms with van der Waals surface area (Å²) in [5, 5.41) is 0. The van der Waals surface area contributed by atoms with Crippen LogP contribution in [0.5, 0.6) is 0 Å². The fourth-order valence-corrected chi connectivity index (χ4v) is 7.10. The summed E-state index contributed by atoms with van der Waals surface area (Å²) in [7, 11) is 0. The van der Waals surface area contributed by atoms with Gasteiger partial charge in [0, 0.05) is 0 Å². The molecule has 0 spiro atoms. The third-order valence-electron chi connectivity index (χ3n) is 2.28. The SMILES string of the molecule is C=[CH][Sb+]([CH2]C)([CH2]C)[CH2]C.[OH-]. The number of rotatable bonds is 4. The van der Waals surface area contributed by atoms with Crippen LogP contribution < -0.4 is 0 Å². The predicted molar refractivity (Wildman–Crippen MR) is 49.3 cm³/mol. The third kappa shape index (κ3) is 3.07. The van der Waals surface area contributed by atoms with E-state index in [2.05, 4.69) is 31.4 Å². The predicted octanol–water partition coefficient (Wildman–Crippen LogP) is 3.04. The van der Waals surface area contributed by atoms with E-state index >= 15 is 0 Å². The van der Waals surface area contributed by atoms with Crippen LogP contribution in [0.3, 0.4) is 0 Å². The van der Waals surface area contributed by atoms with E-state index < -0.39 is 18.8 Å². The van der Waals surface area contributed by atoms with Gasteiger partial charge in [0.2, 0.25) is 0 Å². The first-order chi connectivity index (χ1) is 4.24. The Morgan fingerprint density at radius 2 is 1.40 bits per heavy atom. The van der Waals surface area contributed by atoms with Crippen molar-refractivity contribution < 1.29 is 5.48 Å². The molecule has 0 fully saturated rings. The average Bonchev–Trinajstić information content (AvgIpc) is 1.95. The molecule has 0 atom stereocenters. The minimum Gasteiger partial charge on any atom is -0.870 e. The molecule has 0 heterocycles. The van der Waals surface area contributed by atoms with Crippen molar-refractivity contribution in [2.75, 3.05) is 0 Å². The molecule has 0 saturated carbocycles. The Bertz CT molecular complexity index is 79.0. The van der Waals surface area contributed by atoms with Gasteiger partial charge in [-0.05, 0) is 0 Å². The topological polar surface area (TPSA) is 30.0 Å². The van der Waals surface area contributed by atoms with Gasteiger partial charge in [0.15, 0.2) is 0 Å². The van der Waals surface area contributed by atoms with Crippen molar-refractivity contribution in [2.24, 2.45) is 0 Å². The fraction of sp³-hybridized carbons (Fsp3) is 0.750. The molecule has 0 aliphatic carbocycles. The van der Waals surface area contributed by atoms with Crippen molar-refractivity contribution in [1.29, 1.82) is 0 Å². The van der Waals surface area contributed by atoms with Crippen molar-refractivity contribution in [2.45, 2.75) is 33.9 Å². The van der Waals surface area contributed by atoms with E-state index in [1.54, 1.807) is 0 Å². The molecule has 0 aromatic carbocycles. The van der Waals surface area contributed by atoms with Crippen LogP contribution in [0.2, 0.25) is 13.1 Å². The summed E-state index contributed by atoms with van der Waals surface area (Å²) in [6, 6.07) is 0. The summed E-state index contributed by atoms with van der Waals surface area (Å²) in [6.45, 7) is 10.9. The summed E-state index contributed by atoms with van der Waals surface area (Å²) in [5.74, 6) is 0. The summed E-state index contributed by atoms with van der Waals surface area (Å²) < 4.78 is 6.58. The molecule has 1 nitrogen and oxygen atoms in total. The molecule has 0 aliphatic rings. The molecular formula is C8H19OSb. The van der Waals surface area contributed by atoms with Gasteiger partial charge in [0.25, 0.3) is 0 Å². The first-order valence-corrected chi connectivity index (χ1v) is 10.6. The molecular weight excluding hydrogens is 234 g/mol. The molecule has 2 heteroatoms. The Balaban J connectivity index is 0. The molecule has 62 valence electrons. The van der Waals surface area contributed by atoms with Crippen molar-refractivity contribution in [3.8, 4) is 0 Å². The summed E-state index contributed by atoms with van der Waals surface area (Å²) >= 11 is -1.52. The van der Waals surface area contributed by atoms with Gasteiger partial charge >= 0.3 is 63.3 Å². The van der Waals surface area contributed by atoms with Gasteiger partial charge in [-0.25, -0.2) is 0 Å². The van der Waals surface area contributed by atoms with Crippen molar-refractivity contribution in [1.82, 2.24) is 0 Å². The van der Waals surface area contributed by atoms with E-state index in [1.165, 1.54) is 13.1 Å². The minimum absolute atomic E-state index is 0. The first kappa shape index (κ1) is 13.1. The Hall–Kier alpha value is 0.518. The maximum absolute atomic E-state index is 3.93. The van der Waals surface area contributed by atoms with E-state index in [1.807, 2.05) is 0 Å². The molecule has 0 aromatic heterocycles. The minimum atomic E-state index is -1.52. The van der Waals surface area contributed by atoms with Crippen LogP contribution in [0.15, 0.2) is 10.6 Å². The van der Waals surface area contributed by atoms with Crippen LogP contribution in [0.4, 0.5) is 0 Å². The van der Waals surface area contributed by atoms with Gasteiger partial charge in [-0.2, -0.15) is 0 Å². The maximum Gasteiger partial charge on any atom is -0.870 e. The zero-order chi connectivity index (χ0) is 7.33. The number of hydrogen-bond acceptors (Lipinski definition) is 1. The van der Waals surface area contributed by atoms with Crippen LogP contribution in [0.25, 0.3) is 0 Å². The molecule has 0 saturated heterocycles. The monoisotopic (exact) mass is 252 g/mol.